The van der Waals surface area contributed by atoms with Crippen molar-refractivity contribution in [2.24, 2.45) is 0 Å². The van der Waals surface area contributed by atoms with Crippen molar-refractivity contribution in [2.45, 2.75) is 10.9 Å². The van der Waals surface area contributed by atoms with Gasteiger partial charge < -0.3 is 5.84 Å². The van der Waals surface area contributed by atoms with Crippen LogP contribution in [0, 0.1) is 0 Å². The van der Waals surface area contributed by atoms with Crippen LogP contribution in [0.3, 0.4) is 0 Å². The minimum atomic E-state index is 0.608. The number of nitrogens with two attached hydrogens (primary N) is 1. The molecule has 3 heterocycles. The van der Waals surface area contributed by atoms with Crippen molar-refractivity contribution in [1.82, 2.24) is 19.9 Å². The highest BCUT2D eigenvalue weighted by molar-refractivity contribution is 7.98. The molecule has 0 atom stereocenters. The fourth-order valence-corrected chi connectivity index (χ4v) is 4.71. The monoisotopic (exact) mass is 405 g/mol. The number of thiazole rings is 1. The van der Waals surface area contributed by atoms with Crippen LogP contribution in [-0.4, -0.2) is 19.9 Å². The van der Waals surface area contributed by atoms with Crippen molar-refractivity contribution in [1.29, 1.82) is 0 Å². The summed E-state index contributed by atoms with van der Waals surface area (Å²) in [6.07, 6.45) is 0. The number of thiophene rings is 1. The molecule has 126 valence electrons. The summed E-state index contributed by atoms with van der Waals surface area (Å²) in [7, 11) is 0. The van der Waals surface area contributed by atoms with Crippen LogP contribution >= 0.6 is 46.0 Å². The molecule has 0 aliphatic heterocycles. The lowest BCUT2D eigenvalue weighted by molar-refractivity contribution is 0.849. The summed E-state index contributed by atoms with van der Waals surface area (Å²) in [6, 6.07) is 9.43. The van der Waals surface area contributed by atoms with Gasteiger partial charge in [-0.15, -0.1) is 21.5 Å². The van der Waals surface area contributed by atoms with E-state index in [4.69, 9.17) is 17.4 Å². The molecule has 0 bridgehead atoms. The Balaban J connectivity index is 1.48. The van der Waals surface area contributed by atoms with Gasteiger partial charge in [0.1, 0.15) is 5.01 Å². The van der Waals surface area contributed by atoms with Crippen LogP contribution in [0.2, 0.25) is 5.02 Å². The third-order valence-corrected chi connectivity index (χ3v) is 6.29. The van der Waals surface area contributed by atoms with E-state index in [0.29, 0.717) is 21.8 Å². The van der Waals surface area contributed by atoms with Gasteiger partial charge in [0, 0.05) is 32.7 Å². The molecule has 0 radical (unpaired) electrons. The molecule has 0 saturated heterocycles. The molecule has 3 aromatic heterocycles. The van der Waals surface area contributed by atoms with Gasteiger partial charge in [-0.1, -0.05) is 23.4 Å². The Morgan fingerprint density at radius 3 is 2.68 bits per heavy atom. The first kappa shape index (κ1) is 16.6. The van der Waals surface area contributed by atoms with Crippen molar-refractivity contribution in [3.8, 4) is 22.0 Å². The lowest BCUT2D eigenvalue weighted by atomic mass is 10.2. The number of aromatic nitrogens is 4. The van der Waals surface area contributed by atoms with E-state index in [1.165, 1.54) is 22.0 Å². The van der Waals surface area contributed by atoms with Gasteiger partial charge in [-0.25, -0.2) is 9.66 Å². The number of thioether (sulfide) groups is 1. The van der Waals surface area contributed by atoms with Gasteiger partial charge in [0.05, 0.1) is 5.69 Å². The maximum Gasteiger partial charge on any atom is 0.210 e. The molecule has 0 amide bonds. The second kappa shape index (κ2) is 7.17. The summed E-state index contributed by atoms with van der Waals surface area (Å²) in [6.45, 7) is 0. The normalized spacial score (nSPS) is 11.1. The quantitative estimate of drug-likeness (QED) is 0.382. The number of hydrogen-bond acceptors (Lipinski definition) is 7. The van der Waals surface area contributed by atoms with Gasteiger partial charge in [-0.3, -0.25) is 0 Å². The van der Waals surface area contributed by atoms with E-state index in [9.17, 15) is 0 Å². The SMILES string of the molecule is Nn1c(SCc2csc(-c3ccsc3)n2)nnc1-c1ccc(Cl)cc1. The first-order valence-corrected chi connectivity index (χ1v) is 10.5. The zero-order chi connectivity index (χ0) is 17.2. The molecule has 4 aromatic rings. The molecule has 25 heavy (non-hydrogen) atoms. The van der Waals surface area contributed by atoms with Crippen molar-refractivity contribution >= 4 is 46.0 Å². The second-order valence-electron chi connectivity index (χ2n) is 5.13. The van der Waals surface area contributed by atoms with Crippen molar-refractivity contribution in [3.63, 3.8) is 0 Å². The van der Waals surface area contributed by atoms with E-state index in [2.05, 4.69) is 37.4 Å². The average Bonchev–Trinajstić information content (AvgIpc) is 3.35. The lowest BCUT2D eigenvalue weighted by Gasteiger charge is -2.03. The Morgan fingerprint density at radius 2 is 1.92 bits per heavy atom. The number of halogens is 1. The molecular weight excluding hydrogens is 394 g/mol. The maximum absolute atomic E-state index is 6.14. The van der Waals surface area contributed by atoms with Crippen LogP contribution in [-0.2, 0) is 5.75 Å². The highest BCUT2D eigenvalue weighted by Gasteiger charge is 2.13. The summed E-state index contributed by atoms with van der Waals surface area (Å²) < 4.78 is 1.50. The Kier molecular flexibility index (Phi) is 4.76. The number of nitrogen functional groups attached to an aromatic ring is 1. The smallest absolute Gasteiger partial charge is 0.210 e. The second-order valence-corrected chi connectivity index (χ2v) is 8.14. The van der Waals surface area contributed by atoms with E-state index in [0.717, 1.165) is 16.3 Å². The summed E-state index contributed by atoms with van der Waals surface area (Å²) in [5.74, 6) is 7.44. The number of nitrogens with zero attached hydrogens (tertiary/aromatic N) is 4. The third kappa shape index (κ3) is 3.57. The van der Waals surface area contributed by atoms with Crippen LogP contribution in [0.5, 0.6) is 0 Å². The topological polar surface area (TPSA) is 69.6 Å². The Bertz CT molecular complexity index is 976. The Morgan fingerprint density at radius 1 is 1.08 bits per heavy atom. The predicted octanol–water partition coefficient (Wildman–Crippen LogP) is 4.79. The third-order valence-electron chi connectivity index (χ3n) is 3.44. The zero-order valence-corrected chi connectivity index (χ0v) is 16.0. The molecule has 0 aliphatic carbocycles. The zero-order valence-electron chi connectivity index (χ0n) is 12.8. The Hall–Kier alpha value is -1.87. The Labute approximate surface area is 161 Å². The molecule has 0 fully saturated rings. The summed E-state index contributed by atoms with van der Waals surface area (Å²) >= 11 is 10.7. The van der Waals surface area contributed by atoms with Crippen molar-refractivity contribution in [3.05, 3.63) is 57.2 Å². The summed E-state index contributed by atoms with van der Waals surface area (Å²) in [5, 5.41) is 16.9. The molecule has 0 saturated carbocycles. The van der Waals surface area contributed by atoms with Crippen LogP contribution < -0.4 is 5.84 Å². The predicted molar refractivity (Wildman–Crippen MR) is 106 cm³/mol. The van der Waals surface area contributed by atoms with Gasteiger partial charge in [0.15, 0.2) is 5.82 Å². The van der Waals surface area contributed by atoms with Gasteiger partial charge >= 0.3 is 0 Å². The van der Waals surface area contributed by atoms with E-state index < -0.39 is 0 Å². The number of benzene rings is 1. The molecule has 0 spiro atoms. The fourth-order valence-electron chi connectivity index (χ4n) is 2.20. The van der Waals surface area contributed by atoms with Crippen LogP contribution in [0.15, 0.2) is 51.6 Å². The van der Waals surface area contributed by atoms with E-state index in [1.54, 1.807) is 34.8 Å². The lowest BCUT2D eigenvalue weighted by Crippen LogP contribution is -2.11. The van der Waals surface area contributed by atoms with E-state index in [-0.39, 0.29) is 0 Å². The first-order valence-electron chi connectivity index (χ1n) is 7.27. The van der Waals surface area contributed by atoms with Gasteiger partial charge in [-0.2, -0.15) is 11.3 Å². The molecule has 2 N–H and O–H groups in total. The highest BCUT2D eigenvalue weighted by atomic mass is 35.5. The summed E-state index contributed by atoms with van der Waals surface area (Å²) in [5.41, 5.74) is 3.05. The molecule has 1 aromatic carbocycles. The molecule has 9 heteroatoms. The van der Waals surface area contributed by atoms with Gasteiger partial charge in [0.25, 0.3) is 0 Å². The first-order chi connectivity index (χ1) is 12.2. The highest BCUT2D eigenvalue weighted by Crippen LogP contribution is 2.29. The molecule has 0 aliphatic rings. The number of hydrogen-bond donors (Lipinski definition) is 1. The standard InChI is InChI=1S/C16H12ClN5S3/c17-12-3-1-10(2-4-12)14-20-21-16(22(14)18)25-9-13-8-24-15(19-13)11-5-6-23-7-11/h1-8H,9,18H2. The fraction of sp³-hybridized carbons (Fsp3) is 0.0625. The van der Waals surface area contributed by atoms with E-state index in [1.807, 2.05) is 12.1 Å². The van der Waals surface area contributed by atoms with Gasteiger partial charge in [0.2, 0.25) is 5.16 Å². The van der Waals surface area contributed by atoms with Crippen molar-refractivity contribution in [2.75, 3.05) is 5.84 Å². The molecular formula is C16H12ClN5S3. The minimum absolute atomic E-state index is 0.608. The largest absolute Gasteiger partial charge is 0.335 e. The number of rotatable bonds is 5. The van der Waals surface area contributed by atoms with Crippen LogP contribution in [0.4, 0.5) is 0 Å². The minimum Gasteiger partial charge on any atom is -0.335 e. The van der Waals surface area contributed by atoms with Crippen LogP contribution in [0.25, 0.3) is 22.0 Å². The summed E-state index contributed by atoms with van der Waals surface area (Å²) in [4.78, 5) is 4.66. The molecule has 0 unspecified atom stereocenters. The van der Waals surface area contributed by atoms with Crippen molar-refractivity contribution < 1.29 is 0 Å². The average molecular weight is 406 g/mol. The van der Waals surface area contributed by atoms with Crippen LogP contribution in [0.1, 0.15) is 5.69 Å². The van der Waals surface area contributed by atoms with E-state index >= 15 is 0 Å². The molecule has 4 rings (SSSR count). The van der Waals surface area contributed by atoms with Gasteiger partial charge in [-0.05, 0) is 35.7 Å². The molecule has 5 nitrogen and oxygen atoms in total. The maximum atomic E-state index is 6.14.